The first-order valence-electron chi connectivity index (χ1n) is 5.52. The number of para-hydroxylation sites is 1. The van der Waals surface area contributed by atoms with Crippen LogP contribution in [-0.4, -0.2) is 10.9 Å². The second kappa shape index (κ2) is 5.33. The first-order chi connectivity index (χ1) is 8.70. The van der Waals surface area contributed by atoms with Crippen LogP contribution in [0.1, 0.15) is 11.1 Å². The van der Waals surface area contributed by atoms with Crippen LogP contribution in [0.2, 0.25) is 0 Å². The molecule has 0 saturated heterocycles. The molecular formula is C14H14N2O2. The van der Waals surface area contributed by atoms with Crippen LogP contribution in [0, 0.1) is 5.41 Å². The van der Waals surface area contributed by atoms with Crippen molar-refractivity contribution in [2.45, 2.75) is 6.61 Å². The lowest BCUT2D eigenvalue weighted by atomic mass is 10.2. The van der Waals surface area contributed by atoms with Crippen LogP contribution in [0.25, 0.3) is 0 Å². The number of hydrogen-bond acceptors (Lipinski definition) is 3. The average molecular weight is 242 g/mol. The molecule has 0 aliphatic rings. The first kappa shape index (κ1) is 12.1. The van der Waals surface area contributed by atoms with Crippen LogP contribution < -0.4 is 10.5 Å². The number of nitrogens with one attached hydrogen (secondary N) is 1. The summed E-state index contributed by atoms with van der Waals surface area (Å²) in [6, 6.07) is 14.2. The van der Waals surface area contributed by atoms with Crippen molar-refractivity contribution in [1.82, 2.24) is 0 Å². The molecule has 0 amide bonds. The van der Waals surface area contributed by atoms with E-state index < -0.39 is 0 Å². The molecule has 0 aliphatic carbocycles. The van der Waals surface area contributed by atoms with E-state index in [-0.39, 0.29) is 12.4 Å². The van der Waals surface area contributed by atoms with E-state index in [1.54, 1.807) is 42.5 Å². The lowest BCUT2D eigenvalue weighted by Gasteiger charge is -2.10. The van der Waals surface area contributed by atoms with Gasteiger partial charge in [0.15, 0.2) is 0 Å². The Kier molecular flexibility index (Phi) is 3.60. The summed E-state index contributed by atoms with van der Waals surface area (Å²) < 4.78 is 5.67. The third kappa shape index (κ3) is 2.67. The fourth-order valence-electron chi connectivity index (χ4n) is 1.57. The Labute approximate surface area is 105 Å². The van der Waals surface area contributed by atoms with Gasteiger partial charge in [0.25, 0.3) is 0 Å². The number of nitrogen functional groups attached to an aromatic ring is 1. The molecule has 4 heteroatoms. The Hall–Kier alpha value is -2.33. The minimum absolute atomic E-state index is 0.00428. The number of aliphatic hydroxyl groups excluding tert-OH is 1. The van der Waals surface area contributed by atoms with Crippen LogP contribution in [0.4, 0.5) is 0 Å². The van der Waals surface area contributed by atoms with E-state index in [0.717, 1.165) is 5.56 Å². The van der Waals surface area contributed by atoms with Crippen molar-refractivity contribution >= 4 is 5.84 Å². The topological polar surface area (TPSA) is 79.3 Å². The van der Waals surface area contributed by atoms with Gasteiger partial charge in [-0.15, -0.1) is 0 Å². The van der Waals surface area contributed by atoms with Gasteiger partial charge in [-0.2, -0.15) is 0 Å². The number of ether oxygens (including phenoxy) is 1. The fourth-order valence-corrected chi connectivity index (χ4v) is 1.57. The Morgan fingerprint density at radius 1 is 1.11 bits per heavy atom. The van der Waals surface area contributed by atoms with Crippen LogP contribution in [-0.2, 0) is 6.61 Å². The van der Waals surface area contributed by atoms with Gasteiger partial charge in [-0.3, -0.25) is 5.41 Å². The molecule has 18 heavy (non-hydrogen) atoms. The molecule has 0 aliphatic heterocycles. The summed E-state index contributed by atoms with van der Waals surface area (Å²) in [7, 11) is 0. The zero-order valence-corrected chi connectivity index (χ0v) is 9.76. The molecule has 0 aromatic heterocycles. The smallest absolute Gasteiger partial charge is 0.138 e. The highest BCUT2D eigenvalue weighted by Crippen LogP contribution is 2.25. The molecule has 0 bridgehead atoms. The molecule has 0 spiro atoms. The van der Waals surface area contributed by atoms with Gasteiger partial charge >= 0.3 is 0 Å². The number of benzene rings is 2. The highest BCUT2D eigenvalue weighted by Gasteiger charge is 2.06. The first-order valence-corrected chi connectivity index (χ1v) is 5.52. The average Bonchev–Trinajstić information content (AvgIpc) is 2.40. The normalized spacial score (nSPS) is 10.1. The largest absolute Gasteiger partial charge is 0.457 e. The molecule has 4 nitrogen and oxygen atoms in total. The van der Waals surface area contributed by atoms with Gasteiger partial charge in [-0.25, -0.2) is 0 Å². The molecule has 0 fully saturated rings. The third-order valence-electron chi connectivity index (χ3n) is 2.51. The van der Waals surface area contributed by atoms with E-state index in [1.165, 1.54) is 0 Å². The van der Waals surface area contributed by atoms with E-state index in [9.17, 15) is 0 Å². The maximum atomic E-state index is 8.95. The van der Waals surface area contributed by atoms with E-state index in [1.807, 2.05) is 6.07 Å². The molecule has 0 heterocycles. The summed E-state index contributed by atoms with van der Waals surface area (Å²) in [5.41, 5.74) is 6.86. The van der Waals surface area contributed by atoms with Crippen molar-refractivity contribution in [2.75, 3.05) is 0 Å². The van der Waals surface area contributed by atoms with Crippen molar-refractivity contribution in [3.8, 4) is 11.5 Å². The van der Waals surface area contributed by atoms with Crippen LogP contribution in [0.15, 0.2) is 48.5 Å². The molecule has 4 N–H and O–H groups in total. The number of aliphatic hydroxyl groups is 1. The highest BCUT2D eigenvalue weighted by atomic mass is 16.5. The number of amidine groups is 1. The number of hydrogen-bond donors (Lipinski definition) is 3. The van der Waals surface area contributed by atoms with Crippen molar-refractivity contribution in [2.24, 2.45) is 5.73 Å². The Balaban J connectivity index is 2.25. The SMILES string of the molecule is N=C(N)c1ccccc1Oc1ccc(CO)cc1. The summed E-state index contributed by atoms with van der Waals surface area (Å²) in [5.74, 6) is 1.15. The predicted molar refractivity (Wildman–Crippen MR) is 69.9 cm³/mol. The van der Waals surface area contributed by atoms with E-state index >= 15 is 0 Å². The molecule has 92 valence electrons. The second-order valence-corrected chi connectivity index (χ2v) is 3.81. The van der Waals surface area contributed by atoms with Gasteiger partial charge in [0.2, 0.25) is 0 Å². The van der Waals surface area contributed by atoms with Gasteiger partial charge < -0.3 is 15.6 Å². The Bertz CT molecular complexity index is 550. The summed E-state index contributed by atoms with van der Waals surface area (Å²) >= 11 is 0. The summed E-state index contributed by atoms with van der Waals surface area (Å²) in [6.45, 7) is 0.00428. The van der Waals surface area contributed by atoms with Gasteiger partial charge in [0.05, 0.1) is 12.2 Å². The maximum Gasteiger partial charge on any atom is 0.138 e. The Morgan fingerprint density at radius 3 is 2.39 bits per heavy atom. The van der Waals surface area contributed by atoms with E-state index in [4.69, 9.17) is 21.0 Å². The molecule has 0 radical (unpaired) electrons. The van der Waals surface area contributed by atoms with E-state index in [0.29, 0.717) is 17.1 Å². The predicted octanol–water partition coefficient (Wildman–Crippen LogP) is 2.26. The van der Waals surface area contributed by atoms with E-state index in [2.05, 4.69) is 0 Å². The van der Waals surface area contributed by atoms with Crippen LogP contribution in [0.3, 0.4) is 0 Å². The minimum Gasteiger partial charge on any atom is -0.457 e. The van der Waals surface area contributed by atoms with Crippen LogP contribution >= 0.6 is 0 Å². The summed E-state index contributed by atoms with van der Waals surface area (Å²) in [6.07, 6.45) is 0. The maximum absolute atomic E-state index is 8.95. The van der Waals surface area contributed by atoms with Crippen molar-refractivity contribution < 1.29 is 9.84 Å². The standard InChI is InChI=1S/C14H14N2O2/c15-14(16)12-3-1-2-4-13(12)18-11-7-5-10(9-17)6-8-11/h1-8,17H,9H2,(H3,15,16). The van der Waals surface area contributed by atoms with Crippen molar-refractivity contribution in [3.05, 3.63) is 59.7 Å². The van der Waals surface area contributed by atoms with Crippen LogP contribution in [0.5, 0.6) is 11.5 Å². The molecular weight excluding hydrogens is 228 g/mol. The lowest BCUT2D eigenvalue weighted by molar-refractivity contribution is 0.281. The zero-order chi connectivity index (χ0) is 13.0. The monoisotopic (exact) mass is 242 g/mol. The van der Waals surface area contributed by atoms with Gasteiger partial charge in [-0.1, -0.05) is 24.3 Å². The van der Waals surface area contributed by atoms with Gasteiger partial charge in [0, 0.05) is 0 Å². The zero-order valence-electron chi connectivity index (χ0n) is 9.76. The fraction of sp³-hybridized carbons (Fsp3) is 0.0714. The van der Waals surface area contributed by atoms with Crippen molar-refractivity contribution in [3.63, 3.8) is 0 Å². The molecule has 0 saturated carbocycles. The lowest BCUT2D eigenvalue weighted by Crippen LogP contribution is -2.12. The molecule has 2 aromatic rings. The second-order valence-electron chi connectivity index (χ2n) is 3.81. The van der Waals surface area contributed by atoms with Gasteiger partial charge in [0.1, 0.15) is 17.3 Å². The van der Waals surface area contributed by atoms with Gasteiger partial charge in [-0.05, 0) is 29.8 Å². The Morgan fingerprint density at radius 2 is 1.78 bits per heavy atom. The third-order valence-corrected chi connectivity index (χ3v) is 2.51. The molecule has 0 atom stereocenters. The highest BCUT2D eigenvalue weighted by molar-refractivity contribution is 5.97. The summed E-state index contributed by atoms with van der Waals surface area (Å²) in [4.78, 5) is 0. The summed E-state index contributed by atoms with van der Waals surface area (Å²) in [5, 5.41) is 16.4. The minimum atomic E-state index is -0.0300. The number of rotatable bonds is 4. The molecule has 2 aromatic carbocycles. The number of nitrogens with two attached hydrogens (primary N) is 1. The van der Waals surface area contributed by atoms with Crippen molar-refractivity contribution in [1.29, 1.82) is 5.41 Å². The molecule has 2 rings (SSSR count). The quantitative estimate of drug-likeness (QED) is 0.568. The molecule has 0 unspecified atom stereocenters.